The van der Waals surface area contributed by atoms with Gasteiger partial charge in [0, 0.05) is 17.3 Å². The molecule has 0 amide bonds. The van der Waals surface area contributed by atoms with Crippen molar-refractivity contribution < 1.29 is 9.59 Å². The van der Waals surface area contributed by atoms with E-state index in [9.17, 15) is 19.2 Å². The highest BCUT2D eigenvalue weighted by Crippen LogP contribution is 2.24. The van der Waals surface area contributed by atoms with Gasteiger partial charge < -0.3 is 0 Å². The average molecular weight is 405 g/mol. The Kier molecular flexibility index (Phi) is 5.64. The zero-order valence-electron chi connectivity index (χ0n) is 17.6. The molecule has 0 atom stereocenters. The highest BCUT2D eigenvalue weighted by atomic mass is 16.2. The number of aromatic nitrogens is 3. The van der Waals surface area contributed by atoms with Gasteiger partial charge in [-0.1, -0.05) is 37.6 Å². The van der Waals surface area contributed by atoms with Crippen LogP contribution in [0.25, 0.3) is 5.69 Å². The van der Waals surface area contributed by atoms with Gasteiger partial charge in [-0.2, -0.15) is 0 Å². The summed E-state index contributed by atoms with van der Waals surface area (Å²) in [7, 11) is 0. The molecule has 1 aromatic carbocycles. The van der Waals surface area contributed by atoms with E-state index in [1.165, 1.54) is 6.20 Å². The van der Waals surface area contributed by atoms with E-state index in [0.29, 0.717) is 17.4 Å². The molecule has 0 aliphatic rings. The van der Waals surface area contributed by atoms with E-state index >= 15 is 0 Å². The summed E-state index contributed by atoms with van der Waals surface area (Å²) in [5.41, 5.74) is 1.59. The summed E-state index contributed by atoms with van der Waals surface area (Å²) in [5, 5.41) is 0. The van der Waals surface area contributed by atoms with Crippen LogP contribution in [0.1, 0.15) is 68.6 Å². The van der Waals surface area contributed by atoms with Gasteiger partial charge >= 0.3 is 5.69 Å². The van der Waals surface area contributed by atoms with E-state index in [2.05, 4.69) is 9.97 Å². The van der Waals surface area contributed by atoms with E-state index in [4.69, 9.17) is 0 Å². The van der Waals surface area contributed by atoms with Gasteiger partial charge in [-0.15, -0.1) is 0 Å². The summed E-state index contributed by atoms with van der Waals surface area (Å²) in [6.07, 6.45) is 1.98. The molecule has 2 aromatic heterocycles. The number of aryl methyl sites for hydroxylation is 3. The second-order valence-corrected chi connectivity index (χ2v) is 7.64. The van der Waals surface area contributed by atoms with E-state index in [1.54, 1.807) is 45.9 Å². The predicted molar refractivity (Wildman–Crippen MR) is 114 cm³/mol. The number of hydrogen-bond acceptors (Lipinski definition) is 5. The van der Waals surface area contributed by atoms with Crippen LogP contribution >= 0.6 is 0 Å². The molecule has 0 bridgehead atoms. The lowest BCUT2D eigenvalue weighted by molar-refractivity contribution is 0.102. The Morgan fingerprint density at radius 2 is 1.80 bits per heavy atom. The van der Waals surface area contributed by atoms with Crippen LogP contribution in [0.4, 0.5) is 0 Å². The van der Waals surface area contributed by atoms with Crippen molar-refractivity contribution in [1.82, 2.24) is 14.5 Å². The summed E-state index contributed by atoms with van der Waals surface area (Å²) < 4.78 is 1.12. The molecule has 30 heavy (non-hydrogen) atoms. The molecule has 0 spiro atoms. The molecule has 0 unspecified atom stereocenters. The number of benzene rings is 1. The van der Waals surface area contributed by atoms with Crippen LogP contribution in [0.15, 0.2) is 40.1 Å². The Morgan fingerprint density at radius 3 is 2.40 bits per heavy atom. The van der Waals surface area contributed by atoms with Crippen LogP contribution in [0.5, 0.6) is 0 Å². The minimum atomic E-state index is -0.795. The van der Waals surface area contributed by atoms with E-state index in [0.717, 1.165) is 15.7 Å². The number of aldehydes is 1. The van der Waals surface area contributed by atoms with Gasteiger partial charge in [-0.05, 0) is 43.9 Å². The largest absolute Gasteiger partial charge is 0.333 e. The van der Waals surface area contributed by atoms with Gasteiger partial charge in [0.2, 0.25) is 5.78 Å². The first-order chi connectivity index (χ1) is 14.2. The molecule has 0 aliphatic carbocycles. The third kappa shape index (κ3) is 3.54. The standard InChI is InChI=1S/C23H23N3O4/c1-12(2)18-20(21(28)16-7-6-13(3)10-15(16)5)26(23(30)25-22(18)29)19-14(4)8-9-24-17(19)11-27/h6-12H,1-5H3,(H,25,29,30). The fourth-order valence-corrected chi connectivity index (χ4v) is 3.67. The third-order valence-corrected chi connectivity index (χ3v) is 5.06. The second-order valence-electron chi connectivity index (χ2n) is 7.64. The Bertz CT molecular complexity index is 1280. The van der Waals surface area contributed by atoms with Crippen molar-refractivity contribution in [2.24, 2.45) is 0 Å². The van der Waals surface area contributed by atoms with Gasteiger partial charge in [0.05, 0.1) is 5.69 Å². The van der Waals surface area contributed by atoms with E-state index in [1.807, 2.05) is 13.0 Å². The number of hydrogen-bond donors (Lipinski definition) is 1. The van der Waals surface area contributed by atoms with Gasteiger partial charge in [-0.25, -0.2) is 4.79 Å². The van der Waals surface area contributed by atoms with Gasteiger partial charge in [-0.3, -0.25) is 28.9 Å². The number of ketones is 1. The summed E-state index contributed by atoms with van der Waals surface area (Å²) in [5.74, 6) is -0.804. The van der Waals surface area contributed by atoms with Crippen molar-refractivity contribution in [3.05, 3.63) is 90.5 Å². The zero-order valence-corrected chi connectivity index (χ0v) is 17.6. The molecule has 154 valence electrons. The molecule has 0 radical (unpaired) electrons. The van der Waals surface area contributed by atoms with Crippen molar-refractivity contribution >= 4 is 12.1 Å². The predicted octanol–water partition coefficient (Wildman–Crippen LogP) is 3.01. The van der Waals surface area contributed by atoms with Crippen LogP contribution in [0, 0.1) is 20.8 Å². The Hall–Kier alpha value is -3.61. The first-order valence-electron chi connectivity index (χ1n) is 9.59. The van der Waals surface area contributed by atoms with Crippen molar-refractivity contribution in [1.29, 1.82) is 0 Å². The number of pyridine rings is 1. The molecule has 0 fully saturated rings. The number of carbonyl (C=O) groups is 2. The lowest BCUT2D eigenvalue weighted by Crippen LogP contribution is -2.38. The number of rotatable bonds is 5. The first kappa shape index (κ1) is 21.1. The fraction of sp³-hybridized carbons (Fsp3) is 0.261. The number of carbonyl (C=O) groups excluding carboxylic acids is 2. The molecule has 0 saturated heterocycles. The monoisotopic (exact) mass is 405 g/mol. The average Bonchev–Trinajstić information content (AvgIpc) is 2.67. The topological polar surface area (TPSA) is 102 Å². The molecular weight excluding hydrogens is 382 g/mol. The Balaban J connectivity index is 2.51. The summed E-state index contributed by atoms with van der Waals surface area (Å²) >= 11 is 0. The molecule has 2 heterocycles. The molecule has 0 aliphatic heterocycles. The molecule has 7 nitrogen and oxygen atoms in total. The summed E-state index contributed by atoms with van der Waals surface area (Å²) in [4.78, 5) is 57.3. The number of nitrogens with zero attached hydrogens (tertiary/aromatic N) is 2. The normalized spacial score (nSPS) is 11.0. The molecule has 3 rings (SSSR count). The second kappa shape index (κ2) is 8.02. The number of H-pyrrole nitrogens is 1. The van der Waals surface area contributed by atoms with Gasteiger partial charge in [0.15, 0.2) is 6.29 Å². The van der Waals surface area contributed by atoms with Crippen LogP contribution in [0.2, 0.25) is 0 Å². The van der Waals surface area contributed by atoms with Gasteiger partial charge in [0.25, 0.3) is 5.56 Å². The molecular formula is C23H23N3O4. The molecule has 7 heteroatoms. The molecule has 1 N–H and O–H groups in total. The minimum absolute atomic E-state index is 0.00790. The highest BCUT2D eigenvalue weighted by Gasteiger charge is 2.27. The minimum Gasteiger partial charge on any atom is -0.296 e. The quantitative estimate of drug-likeness (QED) is 0.519. The van der Waals surface area contributed by atoms with Crippen molar-refractivity contribution in [3.63, 3.8) is 0 Å². The van der Waals surface area contributed by atoms with Crippen molar-refractivity contribution in [2.75, 3.05) is 0 Å². The van der Waals surface area contributed by atoms with Crippen molar-refractivity contribution in [3.8, 4) is 5.69 Å². The van der Waals surface area contributed by atoms with Crippen LogP contribution in [-0.4, -0.2) is 26.6 Å². The zero-order chi connectivity index (χ0) is 22.2. The Morgan fingerprint density at radius 1 is 1.10 bits per heavy atom. The molecule has 0 saturated carbocycles. The SMILES string of the molecule is Cc1ccc(C(=O)c2c(C(C)C)c(=O)[nH]c(=O)n2-c2c(C)ccnc2C=O)c(C)c1. The lowest BCUT2D eigenvalue weighted by Gasteiger charge is -2.20. The van der Waals surface area contributed by atoms with Crippen LogP contribution in [-0.2, 0) is 0 Å². The number of aromatic amines is 1. The smallest absolute Gasteiger partial charge is 0.296 e. The summed E-state index contributed by atoms with van der Waals surface area (Å²) in [6.45, 7) is 8.97. The maximum absolute atomic E-state index is 13.7. The number of nitrogens with one attached hydrogen (secondary N) is 1. The first-order valence-corrected chi connectivity index (χ1v) is 9.59. The van der Waals surface area contributed by atoms with Crippen LogP contribution in [0.3, 0.4) is 0 Å². The lowest BCUT2D eigenvalue weighted by atomic mass is 9.94. The van der Waals surface area contributed by atoms with Crippen molar-refractivity contribution in [2.45, 2.75) is 40.5 Å². The maximum atomic E-state index is 13.7. The maximum Gasteiger partial charge on any atom is 0.333 e. The highest BCUT2D eigenvalue weighted by molar-refractivity contribution is 6.10. The van der Waals surface area contributed by atoms with E-state index in [-0.39, 0.29) is 28.6 Å². The molecule has 3 aromatic rings. The fourth-order valence-electron chi connectivity index (χ4n) is 3.67. The third-order valence-electron chi connectivity index (χ3n) is 5.06. The van der Waals surface area contributed by atoms with Crippen LogP contribution < -0.4 is 11.2 Å². The van der Waals surface area contributed by atoms with E-state index < -0.39 is 17.0 Å². The Labute approximate surface area is 173 Å². The van der Waals surface area contributed by atoms with Gasteiger partial charge in [0.1, 0.15) is 11.4 Å². The summed E-state index contributed by atoms with van der Waals surface area (Å²) in [6, 6.07) is 6.99.